The Bertz CT molecular complexity index is 832. The van der Waals surface area contributed by atoms with Crippen molar-refractivity contribution in [2.45, 2.75) is 57.6 Å². The van der Waals surface area contributed by atoms with E-state index in [9.17, 15) is 18.6 Å². The summed E-state index contributed by atoms with van der Waals surface area (Å²) in [6, 6.07) is -1.07. The largest absolute Gasteiger partial charge is 0.444 e. The molecule has 2 atom stereocenters. The van der Waals surface area contributed by atoms with Crippen molar-refractivity contribution in [3.63, 3.8) is 0 Å². The van der Waals surface area contributed by atoms with Crippen molar-refractivity contribution < 1.29 is 23.3 Å². The van der Waals surface area contributed by atoms with Gasteiger partial charge in [0.25, 0.3) is 11.8 Å². The highest BCUT2D eigenvalue weighted by Crippen LogP contribution is 2.21. The first kappa shape index (κ1) is 23.1. The minimum atomic E-state index is -3.70. The van der Waals surface area contributed by atoms with E-state index in [1.165, 1.54) is 10.8 Å². The second-order valence-electron chi connectivity index (χ2n) is 7.34. The fourth-order valence-electron chi connectivity index (χ4n) is 2.08. The van der Waals surface area contributed by atoms with E-state index in [-0.39, 0.29) is 22.8 Å². The van der Waals surface area contributed by atoms with Crippen LogP contribution >= 0.6 is 11.3 Å². The van der Waals surface area contributed by atoms with E-state index in [0.717, 1.165) is 11.3 Å². The maximum absolute atomic E-state index is 12.7. The number of ether oxygens (including phenoxy) is 1. The van der Waals surface area contributed by atoms with Crippen LogP contribution in [0.5, 0.6) is 0 Å². The zero-order valence-electron chi connectivity index (χ0n) is 16.0. The fourth-order valence-corrected chi connectivity index (χ4v) is 4.54. The molecule has 0 saturated heterocycles. The number of nitrogens with two attached hydrogens (primary N) is 2. The third-order valence-electron chi connectivity index (χ3n) is 3.13. The van der Waals surface area contributed by atoms with Gasteiger partial charge in [0.2, 0.25) is 0 Å². The molecule has 0 saturated carbocycles. The van der Waals surface area contributed by atoms with E-state index >= 15 is 0 Å². The normalized spacial score (nSPS) is 14.9. The van der Waals surface area contributed by atoms with Gasteiger partial charge < -0.3 is 15.8 Å². The topological polar surface area (TPSA) is 154 Å². The van der Waals surface area contributed by atoms with Crippen molar-refractivity contribution in [1.82, 2.24) is 5.32 Å². The molecule has 9 nitrogen and oxygen atoms in total. The van der Waals surface area contributed by atoms with Gasteiger partial charge in [0.15, 0.2) is 0 Å². The molecule has 5 N–H and O–H groups in total. The average Bonchev–Trinajstić information content (AvgIpc) is 2.93. The van der Waals surface area contributed by atoms with E-state index in [0.29, 0.717) is 0 Å². The zero-order valence-corrected chi connectivity index (χ0v) is 17.6. The number of hydrogen-bond acceptors (Lipinski definition) is 6. The molecule has 0 fully saturated rings. The fraction of sp³-hybridized carbons (Fsp3) is 0.562. The van der Waals surface area contributed by atoms with Gasteiger partial charge in [-0.15, -0.1) is 4.36 Å². The highest BCUT2D eigenvalue weighted by molar-refractivity contribution is 7.92. The third kappa shape index (κ3) is 7.27. The van der Waals surface area contributed by atoms with E-state index in [2.05, 4.69) is 9.68 Å². The standard InChI is InChI=1S/C16H26N4O5S2/c1-9(2)6-11(19-15(23)25-16(3,4)5)14(22)20-27(18,24)12-8-26-7-10(12)13(17)21/h7-9,11H,6H2,1-5H3,(H2,17,21)(H,19,23)(H2,18,20,22,24)/t11-,27?/m0/s1. The van der Waals surface area contributed by atoms with Crippen molar-refractivity contribution in [2.75, 3.05) is 0 Å². The monoisotopic (exact) mass is 418 g/mol. The predicted octanol–water partition coefficient (Wildman–Crippen LogP) is 2.01. The maximum Gasteiger partial charge on any atom is 0.408 e. The summed E-state index contributed by atoms with van der Waals surface area (Å²) in [6.45, 7) is 8.75. The first-order chi connectivity index (χ1) is 12.2. The number of hydrogen-bond donors (Lipinski definition) is 3. The lowest BCUT2D eigenvalue weighted by Gasteiger charge is -2.23. The molecule has 11 heteroatoms. The van der Waals surface area contributed by atoms with Crippen LogP contribution in [0.1, 0.15) is 51.4 Å². The Morgan fingerprint density at radius 3 is 2.37 bits per heavy atom. The molecule has 27 heavy (non-hydrogen) atoms. The maximum atomic E-state index is 12.7. The van der Waals surface area contributed by atoms with Crippen molar-refractivity contribution in [3.05, 3.63) is 16.3 Å². The number of carbonyl (C=O) groups is 3. The van der Waals surface area contributed by atoms with Gasteiger partial charge in [-0.3, -0.25) is 9.59 Å². The molecule has 1 aromatic rings. The zero-order chi connectivity index (χ0) is 21.0. The minimum Gasteiger partial charge on any atom is -0.444 e. The molecule has 1 unspecified atom stereocenters. The minimum absolute atomic E-state index is 0.0280. The molecule has 1 aromatic heterocycles. The number of alkyl carbamates (subject to hydrolysis) is 1. The molecular formula is C16H26N4O5S2. The van der Waals surface area contributed by atoms with Crippen LogP contribution in [0, 0.1) is 5.92 Å². The average molecular weight is 419 g/mol. The molecule has 3 amide bonds. The summed E-state index contributed by atoms with van der Waals surface area (Å²) in [7, 11) is -3.70. The van der Waals surface area contributed by atoms with Crippen LogP contribution in [-0.4, -0.2) is 33.8 Å². The van der Waals surface area contributed by atoms with E-state index in [1.807, 2.05) is 13.8 Å². The van der Waals surface area contributed by atoms with E-state index in [1.54, 1.807) is 20.8 Å². The summed E-state index contributed by atoms with van der Waals surface area (Å²) in [5, 5.41) is 10.9. The Labute approximate surface area is 163 Å². The molecule has 0 aliphatic heterocycles. The highest BCUT2D eigenvalue weighted by atomic mass is 32.2. The number of primary amides is 1. The van der Waals surface area contributed by atoms with Gasteiger partial charge >= 0.3 is 6.09 Å². The lowest BCUT2D eigenvalue weighted by molar-refractivity contribution is -0.120. The van der Waals surface area contributed by atoms with Gasteiger partial charge in [0, 0.05) is 10.8 Å². The van der Waals surface area contributed by atoms with Crippen molar-refractivity contribution in [2.24, 2.45) is 21.2 Å². The lowest BCUT2D eigenvalue weighted by Crippen LogP contribution is -2.44. The SMILES string of the molecule is CC(C)C[C@H](NC(=O)OC(C)(C)C)C(=O)N=S(N)(=O)c1cscc1C(N)=O. The number of amides is 3. The summed E-state index contributed by atoms with van der Waals surface area (Å²) in [4.78, 5) is 35.9. The Balaban J connectivity index is 3.15. The van der Waals surface area contributed by atoms with Crippen molar-refractivity contribution >= 4 is 39.2 Å². The van der Waals surface area contributed by atoms with Crippen LogP contribution in [0.3, 0.4) is 0 Å². The predicted molar refractivity (Wildman–Crippen MR) is 103 cm³/mol. The van der Waals surface area contributed by atoms with Gasteiger partial charge in [0.1, 0.15) is 21.6 Å². The molecule has 0 radical (unpaired) electrons. The van der Waals surface area contributed by atoms with Gasteiger partial charge in [-0.25, -0.2) is 14.1 Å². The summed E-state index contributed by atoms with van der Waals surface area (Å²) in [5.74, 6) is -1.67. The number of rotatable bonds is 6. The number of nitrogens with zero attached hydrogens (tertiary/aromatic N) is 1. The van der Waals surface area contributed by atoms with Gasteiger partial charge in [-0.2, -0.15) is 11.3 Å². The molecular weight excluding hydrogens is 392 g/mol. The van der Waals surface area contributed by atoms with E-state index < -0.39 is 39.5 Å². The van der Waals surface area contributed by atoms with Gasteiger partial charge in [0.05, 0.1) is 10.5 Å². The number of thiophene rings is 1. The molecule has 1 heterocycles. The summed E-state index contributed by atoms with van der Waals surface area (Å²) < 4.78 is 21.5. The number of carbonyl (C=O) groups excluding carboxylic acids is 3. The molecule has 0 spiro atoms. The van der Waals surface area contributed by atoms with Crippen LogP contribution in [0.25, 0.3) is 0 Å². The van der Waals surface area contributed by atoms with Gasteiger partial charge in [-0.1, -0.05) is 13.8 Å². The Morgan fingerprint density at radius 2 is 1.89 bits per heavy atom. The molecule has 0 bridgehead atoms. The first-order valence-corrected chi connectivity index (χ1v) is 10.7. The Morgan fingerprint density at radius 1 is 1.30 bits per heavy atom. The third-order valence-corrected chi connectivity index (χ3v) is 5.44. The summed E-state index contributed by atoms with van der Waals surface area (Å²) in [6.07, 6.45) is -0.558. The van der Waals surface area contributed by atoms with Gasteiger partial charge in [-0.05, 0) is 33.1 Å². The highest BCUT2D eigenvalue weighted by Gasteiger charge is 2.27. The van der Waals surface area contributed by atoms with Crippen molar-refractivity contribution in [1.29, 1.82) is 0 Å². The Hall–Kier alpha value is -1.98. The molecule has 0 aromatic carbocycles. The second-order valence-corrected chi connectivity index (χ2v) is 9.84. The summed E-state index contributed by atoms with van der Waals surface area (Å²) >= 11 is 1.06. The molecule has 152 valence electrons. The quantitative estimate of drug-likeness (QED) is 0.645. The van der Waals surface area contributed by atoms with E-state index in [4.69, 9.17) is 15.6 Å². The first-order valence-electron chi connectivity index (χ1n) is 8.17. The van der Waals surface area contributed by atoms with Crippen molar-refractivity contribution in [3.8, 4) is 0 Å². The van der Waals surface area contributed by atoms with Crippen LogP contribution in [-0.2, 0) is 19.4 Å². The smallest absolute Gasteiger partial charge is 0.408 e. The molecule has 0 aliphatic rings. The molecule has 0 aliphatic carbocycles. The second kappa shape index (κ2) is 8.81. The molecule has 1 rings (SSSR count). The van der Waals surface area contributed by atoms with Crippen LogP contribution in [0.4, 0.5) is 4.79 Å². The number of nitrogens with one attached hydrogen (secondary N) is 1. The van der Waals surface area contributed by atoms with Crippen LogP contribution < -0.4 is 16.2 Å². The Kier molecular flexibility index (Phi) is 7.52. The lowest BCUT2D eigenvalue weighted by atomic mass is 10.0. The van der Waals surface area contributed by atoms with Crippen LogP contribution in [0.2, 0.25) is 0 Å². The van der Waals surface area contributed by atoms with Crippen LogP contribution in [0.15, 0.2) is 20.0 Å². The summed E-state index contributed by atoms with van der Waals surface area (Å²) in [5.41, 5.74) is 4.42.